The summed E-state index contributed by atoms with van der Waals surface area (Å²) in [5.41, 5.74) is 5.92. The SMILES string of the molecule is CC/C(=C(\c1ccccc1)c1ccc2c(cnn2C2CCCCO2)c1)c1ccccc1S(C)(=O)=O. The minimum atomic E-state index is -3.39. The predicted molar refractivity (Wildman–Crippen MR) is 141 cm³/mol. The van der Waals surface area contributed by atoms with Gasteiger partial charge in [-0.3, -0.25) is 0 Å². The van der Waals surface area contributed by atoms with E-state index in [1.54, 1.807) is 12.1 Å². The van der Waals surface area contributed by atoms with E-state index in [0.717, 1.165) is 64.6 Å². The first kappa shape index (κ1) is 23.5. The van der Waals surface area contributed by atoms with Crippen molar-refractivity contribution < 1.29 is 13.2 Å². The number of nitrogens with zero attached hydrogens (tertiary/aromatic N) is 2. The summed E-state index contributed by atoms with van der Waals surface area (Å²) >= 11 is 0. The smallest absolute Gasteiger partial charge is 0.176 e. The summed E-state index contributed by atoms with van der Waals surface area (Å²) in [6.45, 7) is 2.85. The Kier molecular flexibility index (Phi) is 6.58. The standard InChI is InChI=1S/C29H30N2O3S/c1-3-24(25-13-7-8-14-27(25)35(2,32)33)29(21-11-5-4-6-12-21)22-16-17-26-23(19-22)20-30-31(26)28-15-9-10-18-34-28/h4-8,11-14,16-17,19-20,28H,3,9-10,15,18H2,1-2H3/b29-24-. The van der Waals surface area contributed by atoms with Crippen molar-refractivity contribution in [3.63, 3.8) is 0 Å². The molecule has 0 saturated carbocycles. The van der Waals surface area contributed by atoms with Crippen LogP contribution < -0.4 is 0 Å². The molecule has 1 saturated heterocycles. The Morgan fingerprint density at radius 1 is 1.00 bits per heavy atom. The molecule has 180 valence electrons. The van der Waals surface area contributed by atoms with Crippen molar-refractivity contribution in [3.8, 4) is 0 Å². The Labute approximate surface area is 207 Å². The van der Waals surface area contributed by atoms with Crippen molar-refractivity contribution in [2.24, 2.45) is 0 Å². The zero-order valence-electron chi connectivity index (χ0n) is 20.1. The number of aromatic nitrogens is 2. The molecule has 1 unspecified atom stereocenters. The number of ether oxygens (including phenoxy) is 1. The lowest BCUT2D eigenvalue weighted by atomic mass is 9.88. The molecule has 1 aliphatic rings. The maximum atomic E-state index is 12.7. The first-order chi connectivity index (χ1) is 17.0. The molecular weight excluding hydrogens is 456 g/mol. The molecule has 5 rings (SSSR count). The molecule has 1 fully saturated rings. The lowest BCUT2D eigenvalue weighted by molar-refractivity contribution is -0.0366. The highest BCUT2D eigenvalue weighted by molar-refractivity contribution is 7.90. The Bertz CT molecular complexity index is 1480. The third-order valence-electron chi connectivity index (χ3n) is 6.64. The van der Waals surface area contributed by atoms with Crippen LogP contribution in [-0.2, 0) is 14.6 Å². The van der Waals surface area contributed by atoms with Gasteiger partial charge < -0.3 is 4.74 Å². The minimum Gasteiger partial charge on any atom is -0.356 e. The van der Waals surface area contributed by atoms with Crippen LogP contribution in [0.4, 0.5) is 0 Å². The number of rotatable bonds is 6. The van der Waals surface area contributed by atoms with Crippen LogP contribution in [0.15, 0.2) is 83.9 Å². The number of fused-ring (bicyclic) bond motifs is 1. The van der Waals surface area contributed by atoms with Crippen LogP contribution in [0.3, 0.4) is 0 Å². The van der Waals surface area contributed by atoms with Gasteiger partial charge in [0, 0.05) is 18.2 Å². The summed E-state index contributed by atoms with van der Waals surface area (Å²) in [5.74, 6) is 0. The van der Waals surface area contributed by atoms with E-state index in [1.165, 1.54) is 6.26 Å². The Hall–Kier alpha value is -3.22. The first-order valence-electron chi connectivity index (χ1n) is 12.1. The molecule has 35 heavy (non-hydrogen) atoms. The topological polar surface area (TPSA) is 61.2 Å². The third-order valence-corrected chi connectivity index (χ3v) is 7.80. The van der Waals surface area contributed by atoms with Gasteiger partial charge in [0.05, 0.1) is 16.6 Å². The molecule has 0 radical (unpaired) electrons. The highest BCUT2D eigenvalue weighted by Gasteiger charge is 2.22. The van der Waals surface area contributed by atoms with Gasteiger partial charge in [-0.25, -0.2) is 13.1 Å². The van der Waals surface area contributed by atoms with Crippen LogP contribution in [0.25, 0.3) is 22.0 Å². The molecule has 6 heteroatoms. The highest BCUT2D eigenvalue weighted by Crippen LogP contribution is 2.38. The van der Waals surface area contributed by atoms with E-state index in [1.807, 2.05) is 41.2 Å². The van der Waals surface area contributed by atoms with E-state index in [0.29, 0.717) is 11.3 Å². The van der Waals surface area contributed by atoms with E-state index < -0.39 is 9.84 Å². The van der Waals surface area contributed by atoms with Crippen LogP contribution in [0.5, 0.6) is 0 Å². The molecule has 0 N–H and O–H groups in total. The third kappa shape index (κ3) is 4.68. The molecular formula is C29H30N2O3S. The summed E-state index contributed by atoms with van der Waals surface area (Å²) in [5, 5.41) is 5.70. The number of hydrogen-bond acceptors (Lipinski definition) is 4. The largest absolute Gasteiger partial charge is 0.356 e. The van der Waals surface area contributed by atoms with E-state index in [4.69, 9.17) is 4.74 Å². The van der Waals surface area contributed by atoms with Gasteiger partial charge in [-0.15, -0.1) is 0 Å². The lowest BCUT2D eigenvalue weighted by Crippen LogP contribution is -2.18. The number of benzene rings is 3. The van der Waals surface area contributed by atoms with Gasteiger partial charge in [0.15, 0.2) is 16.1 Å². The van der Waals surface area contributed by atoms with Gasteiger partial charge >= 0.3 is 0 Å². The van der Waals surface area contributed by atoms with Crippen LogP contribution >= 0.6 is 0 Å². The molecule has 1 aliphatic heterocycles. The van der Waals surface area contributed by atoms with Crippen LogP contribution in [0.2, 0.25) is 0 Å². The summed E-state index contributed by atoms with van der Waals surface area (Å²) < 4.78 is 33.3. The molecule has 0 bridgehead atoms. The van der Waals surface area contributed by atoms with Crippen molar-refractivity contribution in [1.82, 2.24) is 9.78 Å². The molecule has 4 aromatic rings. The molecule has 3 aromatic carbocycles. The van der Waals surface area contributed by atoms with Crippen molar-refractivity contribution in [2.45, 2.75) is 43.7 Å². The van der Waals surface area contributed by atoms with Gasteiger partial charge in [-0.05, 0) is 71.7 Å². The fourth-order valence-electron chi connectivity index (χ4n) is 5.02. The zero-order chi connectivity index (χ0) is 24.4. The van der Waals surface area contributed by atoms with Gasteiger partial charge in [-0.2, -0.15) is 5.10 Å². The second-order valence-electron chi connectivity index (χ2n) is 9.03. The summed E-state index contributed by atoms with van der Waals surface area (Å²) in [6, 6.07) is 23.9. The number of hydrogen-bond donors (Lipinski definition) is 0. The van der Waals surface area contributed by atoms with E-state index >= 15 is 0 Å². The van der Waals surface area contributed by atoms with E-state index in [2.05, 4.69) is 42.4 Å². The molecule has 0 spiro atoms. The van der Waals surface area contributed by atoms with Crippen LogP contribution in [0.1, 0.15) is 55.5 Å². The maximum absolute atomic E-state index is 12.7. The average Bonchev–Trinajstić information content (AvgIpc) is 3.31. The van der Waals surface area contributed by atoms with Crippen molar-refractivity contribution in [1.29, 1.82) is 0 Å². The van der Waals surface area contributed by atoms with Gasteiger partial charge in [0.1, 0.15) is 0 Å². The second kappa shape index (κ2) is 9.80. The van der Waals surface area contributed by atoms with E-state index in [9.17, 15) is 8.42 Å². The first-order valence-corrected chi connectivity index (χ1v) is 14.0. The van der Waals surface area contributed by atoms with Crippen molar-refractivity contribution in [2.75, 3.05) is 12.9 Å². The number of allylic oxidation sites excluding steroid dienone is 1. The van der Waals surface area contributed by atoms with Gasteiger partial charge in [-0.1, -0.05) is 61.5 Å². The summed E-state index contributed by atoms with van der Waals surface area (Å²) in [4.78, 5) is 0.355. The zero-order valence-corrected chi connectivity index (χ0v) is 21.0. The fraction of sp³-hybridized carbons (Fsp3) is 0.276. The Morgan fingerprint density at radius 3 is 2.49 bits per heavy atom. The van der Waals surface area contributed by atoms with Gasteiger partial charge in [0.25, 0.3) is 0 Å². The summed E-state index contributed by atoms with van der Waals surface area (Å²) in [7, 11) is -3.39. The Balaban J connectivity index is 1.72. The van der Waals surface area contributed by atoms with Crippen molar-refractivity contribution >= 4 is 31.9 Å². The van der Waals surface area contributed by atoms with Crippen LogP contribution in [0, 0.1) is 0 Å². The quantitative estimate of drug-likeness (QED) is 0.292. The molecule has 0 amide bonds. The lowest BCUT2D eigenvalue weighted by Gasteiger charge is -2.23. The Morgan fingerprint density at radius 2 is 1.77 bits per heavy atom. The predicted octanol–water partition coefficient (Wildman–Crippen LogP) is 6.51. The van der Waals surface area contributed by atoms with Crippen molar-refractivity contribution in [3.05, 3.63) is 95.7 Å². The summed E-state index contributed by atoms with van der Waals surface area (Å²) in [6.07, 6.45) is 7.04. The fourth-order valence-corrected chi connectivity index (χ4v) is 5.93. The maximum Gasteiger partial charge on any atom is 0.176 e. The van der Waals surface area contributed by atoms with Gasteiger partial charge in [0.2, 0.25) is 0 Å². The normalized spacial score (nSPS) is 17.4. The second-order valence-corrected chi connectivity index (χ2v) is 11.0. The minimum absolute atomic E-state index is 0.0240. The van der Waals surface area contributed by atoms with E-state index in [-0.39, 0.29) is 6.23 Å². The molecule has 2 heterocycles. The molecule has 0 aliphatic carbocycles. The highest BCUT2D eigenvalue weighted by atomic mass is 32.2. The monoisotopic (exact) mass is 486 g/mol. The molecule has 1 aromatic heterocycles. The average molecular weight is 487 g/mol. The molecule has 5 nitrogen and oxygen atoms in total. The van der Waals surface area contributed by atoms with Crippen LogP contribution in [-0.4, -0.2) is 31.1 Å². The molecule has 1 atom stereocenters. The number of sulfone groups is 1.